The number of hydrogen-bond donors (Lipinski definition) is 2. The molecule has 2 N–H and O–H groups in total. The van der Waals surface area contributed by atoms with Gasteiger partial charge in [-0.25, -0.2) is 9.48 Å². The second-order valence-electron chi connectivity index (χ2n) is 3.54. The third-order valence-electron chi connectivity index (χ3n) is 2.27. The molecule has 0 saturated heterocycles. The van der Waals surface area contributed by atoms with E-state index in [-0.39, 0.29) is 23.9 Å². The van der Waals surface area contributed by atoms with E-state index in [9.17, 15) is 15.0 Å². The SMILES string of the molecule is CCOC(=O)c1cc(O)n(-c2ccc(O)cc2)n1. The Labute approximate surface area is 103 Å². The number of aromatic nitrogens is 2. The van der Waals surface area contributed by atoms with Crippen LogP contribution >= 0.6 is 0 Å². The fraction of sp³-hybridized carbons (Fsp3) is 0.167. The zero-order chi connectivity index (χ0) is 13.1. The largest absolute Gasteiger partial charge is 0.508 e. The van der Waals surface area contributed by atoms with Crippen LogP contribution in [-0.2, 0) is 4.74 Å². The maximum absolute atomic E-state index is 11.4. The predicted octanol–water partition coefficient (Wildman–Crippen LogP) is 1.46. The lowest BCUT2D eigenvalue weighted by Gasteiger charge is -2.02. The zero-order valence-electron chi connectivity index (χ0n) is 9.70. The number of carbonyl (C=O) groups is 1. The quantitative estimate of drug-likeness (QED) is 0.803. The summed E-state index contributed by atoms with van der Waals surface area (Å²) in [6, 6.07) is 7.28. The van der Waals surface area contributed by atoms with Crippen molar-refractivity contribution >= 4 is 5.97 Å². The minimum Gasteiger partial charge on any atom is -0.508 e. The highest BCUT2D eigenvalue weighted by molar-refractivity contribution is 5.87. The van der Waals surface area contributed by atoms with Crippen LogP contribution in [0.2, 0.25) is 0 Å². The molecule has 0 aliphatic carbocycles. The number of phenols is 1. The molecule has 2 rings (SSSR count). The van der Waals surface area contributed by atoms with Crippen LogP contribution in [0.25, 0.3) is 5.69 Å². The Balaban J connectivity index is 2.34. The summed E-state index contributed by atoms with van der Waals surface area (Å²) >= 11 is 0. The summed E-state index contributed by atoms with van der Waals surface area (Å²) in [6.07, 6.45) is 0. The van der Waals surface area contributed by atoms with Gasteiger partial charge >= 0.3 is 5.97 Å². The molecule has 6 nitrogen and oxygen atoms in total. The Morgan fingerprint density at radius 2 is 2.00 bits per heavy atom. The molecule has 0 aliphatic heterocycles. The molecule has 1 heterocycles. The fourth-order valence-corrected chi connectivity index (χ4v) is 1.46. The van der Waals surface area contributed by atoms with Gasteiger partial charge in [0.2, 0.25) is 5.88 Å². The summed E-state index contributed by atoms with van der Waals surface area (Å²) in [4.78, 5) is 11.4. The number of hydrogen-bond acceptors (Lipinski definition) is 5. The van der Waals surface area contributed by atoms with Gasteiger partial charge in [0.25, 0.3) is 0 Å². The Kier molecular flexibility index (Phi) is 3.18. The predicted molar refractivity (Wildman–Crippen MR) is 62.9 cm³/mol. The molecule has 2 aromatic rings. The molecule has 0 radical (unpaired) electrons. The number of phenolic OH excluding ortho intramolecular Hbond substituents is 1. The molecule has 0 unspecified atom stereocenters. The monoisotopic (exact) mass is 248 g/mol. The summed E-state index contributed by atoms with van der Waals surface area (Å²) in [5.41, 5.74) is 0.559. The van der Waals surface area contributed by atoms with Crippen molar-refractivity contribution in [3.63, 3.8) is 0 Å². The Bertz CT molecular complexity index is 560. The van der Waals surface area contributed by atoms with Crippen molar-refractivity contribution < 1.29 is 19.7 Å². The van der Waals surface area contributed by atoms with Gasteiger partial charge in [0.15, 0.2) is 5.69 Å². The van der Waals surface area contributed by atoms with Crippen LogP contribution < -0.4 is 0 Å². The summed E-state index contributed by atoms with van der Waals surface area (Å²) in [7, 11) is 0. The second kappa shape index (κ2) is 4.79. The number of ether oxygens (including phenoxy) is 1. The van der Waals surface area contributed by atoms with Crippen molar-refractivity contribution in [2.75, 3.05) is 6.61 Å². The van der Waals surface area contributed by atoms with Crippen LogP contribution in [-0.4, -0.2) is 32.6 Å². The smallest absolute Gasteiger partial charge is 0.358 e. The first-order valence-corrected chi connectivity index (χ1v) is 5.37. The molecule has 0 aliphatic rings. The average molecular weight is 248 g/mol. The van der Waals surface area contributed by atoms with Crippen molar-refractivity contribution in [3.05, 3.63) is 36.0 Å². The summed E-state index contributed by atoms with van der Waals surface area (Å²) in [6.45, 7) is 1.93. The van der Waals surface area contributed by atoms with Crippen molar-refractivity contribution in [1.29, 1.82) is 0 Å². The minimum absolute atomic E-state index is 0.0300. The van der Waals surface area contributed by atoms with Crippen LogP contribution in [0.4, 0.5) is 0 Å². The van der Waals surface area contributed by atoms with Crippen molar-refractivity contribution in [2.45, 2.75) is 6.92 Å². The van der Waals surface area contributed by atoms with Gasteiger partial charge in [-0.3, -0.25) is 0 Å². The summed E-state index contributed by atoms with van der Waals surface area (Å²) in [5.74, 6) is -0.662. The fourth-order valence-electron chi connectivity index (χ4n) is 1.46. The first-order valence-electron chi connectivity index (χ1n) is 5.37. The van der Waals surface area contributed by atoms with Gasteiger partial charge < -0.3 is 14.9 Å². The van der Waals surface area contributed by atoms with Gasteiger partial charge in [0.05, 0.1) is 12.3 Å². The van der Waals surface area contributed by atoms with E-state index in [0.29, 0.717) is 5.69 Å². The summed E-state index contributed by atoms with van der Waals surface area (Å²) < 4.78 is 5.97. The molecule has 0 spiro atoms. The topological polar surface area (TPSA) is 84.6 Å². The van der Waals surface area contributed by atoms with E-state index in [4.69, 9.17) is 4.74 Å². The average Bonchev–Trinajstić information content (AvgIpc) is 2.73. The van der Waals surface area contributed by atoms with E-state index >= 15 is 0 Å². The van der Waals surface area contributed by atoms with Crippen molar-refractivity contribution in [3.8, 4) is 17.3 Å². The Hall–Kier alpha value is -2.50. The van der Waals surface area contributed by atoms with Crippen LogP contribution in [0.5, 0.6) is 11.6 Å². The van der Waals surface area contributed by atoms with Gasteiger partial charge in [-0.2, -0.15) is 5.10 Å². The number of aromatic hydroxyl groups is 2. The van der Waals surface area contributed by atoms with Gasteiger partial charge in [-0.15, -0.1) is 0 Å². The first kappa shape index (κ1) is 12.0. The number of carbonyl (C=O) groups excluding carboxylic acids is 1. The standard InChI is InChI=1S/C12H12N2O4/c1-2-18-12(17)10-7-11(16)14(13-10)8-3-5-9(15)6-4-8/h3-7,15-16H,2H2,1H3. The lowest BCUT2D eigenvalue weighted by molar-refractivity contribution is 0.0519. The van der Waals surface area contributed by atoms with E-state index < -0.39 is 5.97 Å². The molecular weight excluding hydrogens is 236 g/mol. The lowest BCUT2D eigenvalue weighted by Crippen LogP contribution is -2.06. The molecule has 0 fully saturated rings. The maximum Gasteiger partial charge on any atom is 0.358 e. The molecule has 0 amide bonds. The van der Waals surface area contributed by atoms with Gasteiger partial charge in [0.1, 0.15) is 5.75 Å². The van der Waals surface area contributed by atoms with E-state index in [1.54, 1.807) is 19.1 Å². The zero-order valence-corrected chi connectivity index (χ0v) is 9.70. The number of rotatable bonds is 3. The number of nitrogens with zero attached hydrogens (tertiary/aromatic N) is 2. The number of benzene rings is 1. The van der Waals surface area contributed by atoms with Crippen molar-refractivity contribution in [1.82, 2.24) is 9.78 Å². The van der Waals surface area contributed by atoms with E-state index in [1.807, 2.05) is 0 Å². The molecule has 94 valence electrons. The van der Waals surface area contributed by atoms with E-state index in [0.717, 1.165) is 0 Å². The molecular formula is C12H12N2O4. The van der Waals surface area contributed by atoms with Gasteiger partial charge in [0, 0.05) is 6.07 Å². The van der Waals surface area contributed by atoms with E-state index in [1.165, 1.54) is 22.9 Å². The first-order chi connectivity index (χ1) is 8.61. The molecule has 1 aromatic carbocycles. The van der Waals surface area contributed by atoms with Gasteiger partial charge in [-0.05, 0) is 31.2 Å². The van der Waals surface area contributed by atoms with Gasteiger partial charge in [-0.1, -0.05) is 0 Å². The molecule has 18 heavy (non-hydrogen) atoms. The van der Waals surface area contributed by atoms with Crippen LogP contribution in [0.3, 0.4) is 0 Å². The Morgan fingerprint density at radius 3 is 2.61 bits per heavy atom. The third-order valence-corrected chi connectivity index (χ3v) is 2.27. The maximum atomic E-state index is 11.4. The van der Waals surface area contributed by atoms with Crippen LogP contribution in [0.1, 0.15) is 17.4 Å². The van der Waals surface area contributed by atoms with E-state index in [2.05, 4.69) is 5.10 Å². The third kappa shape index (κ3) is 2.27. The molecule has 1 aromatic heterocycles. The van der Waals surface area contributed by atoms with Crippen LogP contribution in [0.15, 0.2) is 30.3 Å². The lowest BCUT2D eigenvalue weighted by atomic mass is 10.3. The second-order valence-corrected chi connectivity index (χ2v) is 3.54. The van der Waals surface area contributed by atoms with Crippen LogP contribution in [0, 0.1) is 0 Å². The molecule has 6 heteroatoms. The highest BCUT2D eigenvalue weighted by atomic mass is 16.5. The minimum atomic E-state index is -0.592. The normalized spacial score (nSPS) is 10.3. The molecule has 0 atom stereocenters. The molecule has 0 saturated carbocycles. The Morgan fingerprint density at radius 1 is 1.33 bits per heavy atom. The summed E-state index contributed by atoms with van der Waals surface area (Å²) in [5, 5.41) is 22.8. The number of esters is 1. The highest BCUT2D eigenvalue weighted by Gasteiger charge is 2.15. The highest BCUT2D eigenvalue weighted by Crippen LogP contribution is 2.20. The molecule has 0 bridgehead atoms. The van der Waals surface area contributed by atoms with Crippen molar-refractivity contribution in [2.24, 2.45) is 0 Å².